The fourth-order valence-corrected chi connectivity index (χ4v) is 2.03. The van der Waals surface area contributed by atoms with E-state index < -0.39 is 0 Å². The van der Waals surface area contributed by atoms with Crippen LogP contribution in [0.2, 0.25) is 0 Å². The predicted octanol–water partition coefficient (Wildman–Crippen LogP) is 0.420. The first-order valence-corrected chi connectivity index (χ1v) is 6.48. The Bertz CT molecular complexity index is 505. The van der Waals surface area contributed by atoms with Crippen molar-refractivity contribution in [1.82, 2.24) is 24.2 Å². The maximum Gasteiger partial charge on any atom is 0.122 e. The van der Waals surface area contributed by atoms with Gasteiger partial charge in [0, 0.05) is 44.4 Å². The second-order valence-corrected chi connectivity index (χ2v) is 4.65. The van der Waals surface area contributed by atoms with Gasteiger partial charge < -0.3 is 9.67 Å². The van der Waals surface area contributed by atoms with Gasteiger partial charge in [0.1, 0.15) is 5.82 Å². The zero-order valence-electron chi connectivity index (χ0n) is 11.5. The fraction of sp³-hybridized carbons (Fsp3) is 0.538. The van der Waals surface area contributed by atoms with Crippen LogP contribution < -0.4 is 0 Å². The van der Waals surface area contributed by atoms with Crippen molar-refractivity contribution in [3.8, 4) is 0 Å². The average Bonchev–Trinajstić information content (AvgIpc) is 2.97. The van der Waals surface area contributed by atoms with Crippen molar-refractivity contribution in [3.63, 3.8) is 0 Å². The van der Waals surface area contributed by atoms with E-state index in [0.29, 0.717) is 6.54 Å². The summed E-state index contributed by atoms with van der Waals surface area (Å²) in [7, 11) is 1.98. The summed E-state index contributed by atoms with van der Waals surface area (Å²) in [5, 5.41) is 13.4. The van der Waals surface area contributed by atoms with Crippen LogP contribution in [0.5, 0.6) is 0 Å². The summed E-state index contributed by atoms with van der Waals surface area (Å²) in [4.78, 5) is 6.50. The first kappa shape index (κ1) is 13.8. The molecule has 0 saturated carbocycles. The molecule has 0 unspecified atom stereocenters. The summed E-state index contributed by atoms with van der Waals surface area (Å²) in [5.41, 5.74) is 1.15. The molecule has 0 saturated heterocycles. The van der Waals surface area contributed by atoms with E-state index in [4.69, 9.17) is 5.11 Å². The van der Waals surface area contributed by atoms with Crippen LogP contribution in [0, 0.1) is 6.92 Å². The van der Waals surface area contributed by atoms with E-state index in [0.717, 1.165) is 31.2 Å². The molecule has 19 heavy (non-hydrogen) atoms. The standard InChI is InChI=1S/C13H21N5O/c1-12-3-4-15-18(12)8-7-17(9-10-19)11-13-14-5-6-16(13)2/h3-6,19H,7-11H2,1-2H3. The lowest BCUT2D eigenvalue weighted by Crippen LogP contribution is -2.31. The molecule has 0 fully saturated rings. The number of nitrogens with zero attached hydrogens (tertiary/aromatic N) is 5. The second-order valence-electron chi connectivity index (χ2n) is 4.65. The van der Waals surface area contributed by atoms with Gasteiger partial charge in [-0.1, -0.05) is 0 Å². The van der Waals surface area contributed by atoms with E-state index >= 15 is 0 Å². The smallest absolute Gasteiger partial charge is 0.122 e. The van der Waals surface area contributed by atoms with E-state index in [1.807, 2.05) is 41.7 Å². The second kappa shape index (κ2) is 6.49. The molecule has 0 atom stereocenters. The molecule has 6 nitrogen and oxygen atoms in total. The molecule has 0 spiro atoms. The Morgan fingerprint density at radius 1 is 1.32 bits per heavy atom. The minimum Gasteiger partial charge on any atom is -0.395 e. The number of aryl methyl sites for hydroxylation is 2. The monoisotopic (exact) mass is 263 g/mol. The number of hydrogen-bond acceptors (Lipinski definition) is 4. The highest BCUT2D eigenvalue weighted by Crippen LogP contribution is 2.03. The van der Waals surface area contributed by atoms with Crippen LogP contribution in [0.25, 0.3) is 0 Å². The van der Waals surface area contributed by atoms with Gasteiger partial charge >= 0.3 is 0 Å². The van der Waals surface area contributed by atoms with Crippen molar-refractivity contribution in [3.05, 3.63) is 36.2 Å². The van der Waals surface area contributed by atoms with Crippen LogP contribution in [0.1, 0.15) is 11.5 Å². The van der Waals surface area contributed by atoms with Gasteiger partial charge in [0.25, 0.3) is 0 Å². The number of aliphatic hydroxyl groups is 1. The molecule has 1 N–H and O–H groups in total. The number of hydrogen-bond donors (Lipinski definition) is 1. The van der Waals surface area contributed by atoms with Gasteiger partial charge in [-0.3, -0.25) is 9.58 Å². The zero-order chi connectivity index (χ0) is 13.7. The summed E-state index contributed by atoms with van der Waals surface area (Å²) in [6, 6.07) is 2.00. The molecule has 0 radical (unpaired) electrons. The summed E-state index contributed by atoms with van der Waals surface area (Å²) in [5.74, 6) is 1.01. The first-order chi connectivity index (χ1) is 9.20. The Labute approximate surface area is 113 Å². The molecular formula is C13H21N5O. The lowest BCUT2D eigenvalue weighted by Gasteiger charge is -2.21. The Balaban J connectivity index is 1.93. The minimum absolute atomic E-state index is 0.155. The molecule has 0 bridgehead atoms. The Morgan fingerprint density at radius 3 is 2.74 bits per heavy atom. The van der Waals surface area contributed by atoms with E-state index in [2.05, 4.69) is 15.0 Å². The normalized spacial score (nSPS) is 11.4. The van der Waals surface area contributed by atoms with Crippen molar-refractivity contribution in [2.45, 2.75) is 20.0 Å². The van der Waals surface area contributed by atoms with Crippen LogP contribution in [-0.2, 0) is 20.1 Å². The van der Waals surface area contributed by atoms with Crippen molar-refractivity contribution < 1.29 is 5.11 Å². The number of aliphatic hydroxyl groups excluding tert-OH is 1. The van der Waals surface area contributed by atoms with Gasteiger partial charge in [-0.2, -0.15) is 5.10 Å². The molecule has 2 heterocycles. The van der Waals surface area contributed by atoms with E-state index in [-0.39, 0.29) is 6.61 Å². The summed E-state index contributed by atoms with van der Waals surface area (Å²) < 4.78 is 3.98. The van der Waals surface area contributed by atoms with Gasteiger partial charge in [-0.25, -0.2) is 4.98 Å². The molecule has 0 aliphatic rings. The van der Waals surface area contributed by atoms with Crippen molar-refractivity contribution >= 4 is 0 Å². The van der Waals surface area contributed by atoms with Crippen molar-refractivity contribution in [2.75, 3.05) is 19.7 Å². The zero-order valence-corrected chi connectivity index (χ0v) is 11.5. The van der Waals surface area contributed by atoms with Crippen LogP contribution in [-0.4, -0.2) is 49.0 Å². The van der Waals surface area contributed by atoms with Crippen molar-refractivity contribution in [1.29, 1.82) is 0 Å². The molecule has 2 aromatic heterocycles. The van der Waals surface area contributed by atoms with E-state index in [1.165, 1.54) is 0 Å². The SMILES string of the molecule is Cc1ccnn1CCN(CCO)Cc1nccn1C. The molecule has 0 aliphatic heterocycles. The summed E-state index contributed by atoms with van der Waals surface area (Å²) >= 11 is 0. The van der Waals surface area contributed by atoms with Crippen LogP contribution in [0.15, 0.2) is 24.7 Å². The van der Waals surface area contributed by atoms with E-state index in [1.54, 1.807) is 6.20 Å². The van der Waals surface area contributed by atoms with Gasteiger partial charge in [0.05, 0.1) is 19.7 Å². The van der Waals surface area contributed by atoms with E-state index in [9.17, 15) is 0 Å². The molecule has 6 heteroatoms. The highest BCUT2D eigenvalue weighted by molar-refractivity contribution is 4.96. The maximum atomic E-state index is 9.16. The number of imidazole rings is 1. The Morgan fingerprint density at radius 2 is 2.16 bits per heavy atom. The summed E-state index contributed by atoms with van der Waals surface area (Å²) in [6.45, 7) is 5.25. The van der Waals surface area contributed by atoms with Gasteiger partial charge in [0.2, 0.25) is 0 Å². The van der Waals surface area contributed by atoms with Gasteiger partial charge in [-0.15, -0.1) is 0 Å². The quantitative estimate of drug-likeness (QED) is 0.786. The third kappa shape index (κ3) is 3.65. The molecule has 0 aliphatic carbocycles. The number of aromatic nitrogens is 4. The molecule has 2 aromatic rings. The molecule has 0 amide bonds. The highest BCUT2D eigenvalue weighted by atomic mass is 16.3. The largest absolute Gasteiger partial charge is 0.395 e. The Kier molecular flexibility index (Phi) is 4.70. The van der Waals surface area contributed by atoms with Crippen LogP contribution in [0.3, 0.4) is 0 Å². The van der Waals surface area contributed by atoms with Crippen LogP contribution >= 0.6 is 0 Å². The predicted molar refractivity (Wildman–Crippen MR) is 72.5 cm³/mol. The van der Waals surface area contributed by atoms with Crippen LogP contribution in [0.4, 0.5) is 0 Å². The van der Waals surface area contributed by atoms with Gasteiger partial charge in [-0.05, 0) is 13.0 Å². The fourth-order valence-electron chi connectivity index (χ4n) is 2.03. The Hall–Kier alpha value is -1.66. The molecule has 104 valence electrons. The molecule has 2 rings (SSSR count). The molecule has 0 aromatic carbocycles. The lowest BCUT2D eigenvalue weighted by molar-refractivity contribution is 0.179. The minimum atomic E-state index is 0.155. The molecular weight excluding hydrogens is 242 g/mol. The number of rotatable bonds is 7. The maximum absolute atomic E-state index is 9.16. The van der Waals surface area contributed by atoms with Gasteiger partial charge in [0.15, 0.2) is 0 Å². The topological polar surface area (TPSA) is 59.1 Å². The van der Waals surface area contributed by atoms with Crippen molar-refractivity contribution in [2.24, 2.45) is 7.05 Å². The third-order valence-corrected chi connectivity index (χ3v) is 3.26. The third-order valence-electron chi connectivity index (χ3n) is 3.26. The highest BCUT2D eigenvalue weighted by Gasteiger charge is 2.09. The first-order valence-electron chi connectivity index (χ1n) is 6.48. The average molecular weight is 263 g/mol. The summed E-state index contributed by atoms with van der Waals surface area (Å²) in [6.07, 6.45) is 5.54. The lowest BCUT2D eigenvalue weighted by atomic mass is 10.4.